The fourth-order valence-electron chi connectivity index (χ4n) is 3.29. The van der Waals surface area contributed by atoms with E-state index in [9.17, 15) is 0 Å². The fraction of sp³-hybridized carbons (Fsp3) is 0.684. The molecule has 0 saturated heterocycles. The molecule has 2 heteroatoms. The first-order valence-electron chi connectivity index (χ1n) is 8.46. The third kappa shape index (κ3) is 4.00. The van der Waals surface area contributed by atoms with Crippen molar-refractivity contribution < 1.29 is 4.74 Å². The summed E-state index contributed by atoms with van der Waals surface area (Å²) in [6, 6.07) is 7.36. The minimum absolute atomic E-state index is 0.350. The maximum absolute atomic E-state index is 5.68. The van der Waals surface area contributed by atoms with Crippen molar-refractivity contribution >= 4 is 5.69 Å². The van der Waals surface area contributed by atoms with Gasteiger partial charge in [-0.15, -0.1) is 0 Å². The van der Waals surface area contributed by atoms with Crippen molar-refractivity contribution in [3.05, 3.63) is 29.3 Å². The first kappa shape index (κ1) is 16.4. The summed E-state index contributed by atoms with van der Waals surface area (Å²) in [6.07, 6.45) is 5.33. The first-order chi connectivity index (χ1) is 10.0. The van der Waals surface area contributed by atoms with Crippen molar-refractivity contribution in [2.45, 2.75) is 77.4 Å². The van der Waals surface area contributed by atoms with Gasteiger partial charge in [0.05, 0.1) is 12.1 Å². The van der Waals surface area contributed by atoms with Crippen molar-refractivity contribution in [2.75, 3.05) is 12.4 Å². The molecular formula is C19H31NO. The predicted octanol–water partition coefficient (Wildman–Crippen LogP) is 5.30. The van der Waals surface area contributed by atoms with E-state index in [1.807, 2.05) is 7.11 Å². The zero-order valence-corrected chi connectivity index (χ0v) is 14.3. The van der Waals surface area contributed by atoms with Crippen molar-refractivity contribution in [3.8, 4) is 0 Å². The quantitative estimate of drug-likeness (QED) is 0.794. The molecule has 1 fully saturated rings. The molecule has 1 N–H and O–H groups in total. The average Bonchev–Trinajstić information content (AvgIpc) is 2.47. The molecule has 2 atom stereocenters. The fourth-order valence-corrected chi connectivity index (χ4v) is 3.29. The monoisotopic (exact) mass is 289 g/mol. The second-order valence-electron chi connectivity index (χ2n) is 6.97. The van der Waals surface area contributed by atoms with Gasteiger partial charge < -0.3 is 10.1 Å². The van der Waals surface area contributed by atoms with E-state index in [-0.39, 0.29) is 0 Å². The van der Waals surface area contributed by atoms with Crippen LogP contribution in [0.2, 0.25) is 0 Å². The average molecular weight is 289 g/mol. The summed E-state index contributed by atoms with van der Waals surface area (Å²) in [6.45, 7) is 9.07. The van der Waals surface area contributed by atoms with Crippen molar-refractivity contribution in [1.29, 1.82) is 0 Å². The number of hydrogen-bond acceptors (Lipinski definition) is 2. The van der Waals surface area contributed by atoms with Crippen LogP contribution in [0.3, 0.4) is 0 Å². The first-order valence-corrected chi connectivity index (χ1v) is 8.46. The summed E-state index contributed by atoms with van der Waals surface area (Å²) in [5.41, 5.74) is 4.15. The molecule has 118 valence electrons. The lowest BCUT2D eigenvalue weighted by molar-refractivity contribution is 0.0606. The molecule has 2 nitrogen and oxygen atoms in total. The lowest BCUT2D eigenvalue weighted by Crippen LogP contribution is -2.38. The largest absolute Gasteiger partial charge is 0.379 e. The van der Waals surface area contributed by atoms with Crippen molar-refractivity contribution in [2.24, 2.45) is 0 Å². The molecule has 0 aliphatic heterocycles. The van der Waals surface area contributed by atoms with Crippen LogP contribution in [0.25, 0.3) is 0 Å². The number of anilines is 1. The van der Waals surface area contributed by atoms with Crippen LogP contribution in [0.5, 0.6) is 0 Å². The zero-order valence-electron chi connectivity index (χ0n) is 14.3. The normalized spacial score (nSPS) is 22.8. The third-order valence-corrected chi connectivity index (χ3v) is 4.71. The Labute approximate surface area is 130 Å². The zero-order chi connectivity index (χ0) is 15.4. The van der Waals surface area contributed by atoms with Gasteiger partial charge in [0, 0.05) is 12.8 Å². The Morgan fingerprint density at radius 3 is 2.38 bits per heavy atom. The molecule has 21 heavy (non-hydrogen) atoms. The minimum atomic E-state index is 0.350. The van der Waals surface area contributed by atoms with Gasteiger partial charge in [0.1, 0.15) is 0 Å². The maximum Gasteiger partial charge on any atom is 0.0772 e. The summed E-state index contributed by atoms with van der Waals surface area (Å²) < 4.78 is 5.68. The number of methoxy groups -OCH3 is 1. The lowest BCUT2D eigenvalue weighted by atomic mass is 9.90. The number of hydrogen-bond donors (Lipinski definition) is 1. The van der Waals surface area contributed by atoms with Crippen LogP contribution in [0.1, 0.15) is 76.3 Å². The van der Waals surface area contributed by atoms with E-state index in [0.29, 0.717) is 24.0 Å². The van der Waals surface area contributed by atoms with Gasteiger partial charge in [-0.2, -0.15) is 0 Å². The molecule has 0 heterocycles. The number of ether oxygens (including phenoxy) is 1. The Balaban J connectivity index is 2.22. The van der Waals surface area contributed by atoms with Gasteiger partial charge in [-0.05, 0) is 41.9 Å². The molecule has 1 aliphatic carbocycles. The Kier molecular flexibility index (Phi) is 5.69. The molecule has 2 rings (SSSR count). The number of nitrogens with one attached hydrogen (secondary N) is 1. The predicted molar refractivity (Wildman–Crippen MR) is 91.3 cm³/mol. The maximum atomic E-state index is 5.68. The molecule has 1 aliphatic rings. The number of rotatable bonds is 5. The summed E-state index contributed by atoms with van der Waals surface area (Å²) in [5.74, 6) is 1.12. The molecule has 0 bridgehead atoms. The summed E-state index contributed by atoms with van der Waals surface area (Å²) in [7, 11) is 1.84. The van der Waals surface area contributed by atoms with Gasteiger partial charge in [0.2, 0.25) is 0 Å². The Bertz CT molecular complexity index is 453. The van der Waals surface area contributed by atoms with Crippen LogP contribution in [-0.2, 0) is 4.74 Å². The second kappa shape index (κ2) is 7.31. The van der Waals surface area contributed by atoms with Gasteiger partial charge in [-0.3, -0.25) is 0 Å². The SMILES string of the molecule is COC1CCCCC1Nc1ccc(C(C)C)cc1C(C)C. The molecule has 0 spiro atoms. The smallest absolute Gasteiger partial charge is 0.0772 e. The van der Waals surface area contributed by atoms with Crippen LogP contribution >= 0.6 is 0 Å². The van der Waals surface area contributed by atoms with Crippen LogP contribution in [0, 0.1) is 0 Å². The molecular weight excluding hydrogens is 258 g/mol. The molecule has 1 aromatic rings. The molecule has 2 unspecified atom stereocenters. The molecule has 1 saturated carbocycles. The van der Waals surface area contributed by atoms with E-state index in [0.717, 1.165) is 0 Å². The van der Waals surface area contributed by atoms with Gasteiger partial charge in [0.15, 0.2) is 0 Å². The Hall–Kier alpha value is -1.02. The van der Waals surface area contributed by atoms with Gasteiger partial charge >= 0.3 is 0 Å². The van der Waals surface area contributed by atoms with Gasteiger partial charge in [0.25, 0.3) is 0 Å². The van der Waals surface area contributed by atoms with E-state index in [1.54, 1.807) is 0 Å². The number of benzene rings is 1. The lowest BCUT2D eigenvalue weighted by Gasteiger charge is -2.33. The van der Waals surface area contributed by atoms with Crippen molar-refractivity contribution in [3.63, 3.8) is 0 Å². The summed E-state index contributed by atoms with van der Waals surface area (Å²) >= 11 is 0. The highest BCUT2D eigenvalue weighted by Gasteiger charge is 2.25. The molecule has 0 amide bonds. The topological polar surface area (TPSA) is 21.3 Å². The highest BCUT2D eigenvalue weighted by molar-refractivity contribution is 5.55. The van der Waals surface area contributed by atoms with Gasteiger partial charge in [-0.1, -0.05) is 52.7 Å². The van der Waals surface area contributed by atoms with Gasteiger partial charge in [-0.25, -0.2) is 0 Å². The second-order valence-corrected chi connectivity index (χ2v) is 6.97. The van der Waals surface area contributed by atoms with E-state index in [4.69, 9.17) is 4.74 Å². The van der Waals surface area contributed by atoms with Crippen molar-refractivity contribution in [1.82, 2.24) is 0 Å². The highest BCUT2D eigenvalue weighted by Crippen LogP contribution is 2.31. The van der Waals surface area contributed by atoms with E-state index >= 15 is 0 Å². The van der Waals surface area contributed by atoms with E-state index in [1.165, 1.54) is 42.5 Å². The Morgan fingerprint density at radius 1 is 1.05 bits per heavy atom. The van der Waals surface area contributed by atoms with E-state index in [2.05, 4.69) is 51.2 Å². The molecule has 0 radical (unpaired) electrons. The van der Waals surface area contributed by atoms with Crippen LogP contribution < -0.4 is 5.32 Å². The third-order valence-electron chi connectivity index (χ3n) is 4.71. The molecule has 0 aromatic heterocycles. The minimum Gasteiger partial charge on any atom is -0.379 e. The van der Waals surface area contributed by atoms with Crippen LogP contribution in [0.15, 0.2) is 18.2 Å². The standard InChI is InChI=1S/C19H31NO/c1-13(2)15-10-11-17(16(12-15)14(3)4)20-18-8-6-7-9-19(18)21-5/h10-14,18-20H,6-9H2,1-5H3. The molecule has 1 aromatic carbocycles. The van der Waals surface area contributed by atoms with Crippen LogP contribution in [0.4, 0.5) is 5.69 Å². The van der Waals surface area contributed by atoms with E-state index < -0.39 is 0 Å². The Morgan fingerprint density at radius 2 is 1.76 bits per heavy atom. The highest BCUT2D eigenvalue weighted by atomic mass is 16.5. The summed E-state index contributed by atoms with van der Waals surface area (Å²) in [5, 5.41) is 3.77. The summed E-state index contributed by atoms with van der Waals surface area (Å²) in [4.78, 5) is 0. The van der Waals surface area contributed by atoms with Crippen LogP contribution in [-0.4, -0.2) is 19.3 Å².